The molecule has 0 unspecified atom stereocenters. The van der Waals surface area contributed by atoms with Crippen LogP contribution in [0.3, 0.4) is 0 Å². The van der Waals surface area contributed by atoms with Gasteiger partial charge in [0.25, 0.3) is 0 Å². The zero-order chi connectivity index (χ0) is 10.7. The lowest BCUT2D eigenvalue weighted by Crippen LogP contribution is -2.40. The van der Waals surface area contributed by atoms with Crippen LogP contribution in [-0.2, 0) is 6.54 Å². The zero-order valence-electron chi connectivity index (χ0n) is 8.11. The summed E-state index contributed by atoms with van der Waals surface area (Å²) in [5.74, 6) is 0. The molecule has 0 saturated carbocycles. The lowest BCUT2D eigenvalue weighted by atomic mass is 10.2. The number of urea groups is 1. The quantitative estimate of drug-likeness (QED) is 0.818. The highest BCUT2D eigenvalue weighted by molar-refractivity contribution is 6.30. The molecule has 2 amide bonds. The van der Waals surface area contributed by atoms with Crippen LogP contribution in [0.15, 0.2) is 41.6 Å². The Bertz CT molecular complexity index is 389. The average molecular weight is 223 g/mol. The number of hydrogen-bond acceptors (Lipinski definition) is 1. The van der Waals surface area contributed by atoms with Gasteiger partial charge in [-0.2, -0.15) is 0 Å². The van der Waals surface area contributed by atoms with Crippen LogP contribution in [0.2, 0.25) is 0 Å². The lowest BCUT2D eigenvalue weighted by Gasteiger charge is -2.23. The Morgan fingerprint density at radius 3 is 2.80 bits per heavy atom. The zero-order valence-corrected chi connectivity index (χ0v) is 8.87. The molecule has 3 nitrogen and oxygen atoms in total. The monoisotopic (exact) mass is 222 g/mol. The van der Waals surface area contributed by atoms with Gasteiger partial charge in [0.2, 0.25) is 0 Å². The Balaban J connectivity index is 2.11. The number of halogens is 1. The van der Waals surface area contributed by atoms with Crippen LogP contribution in [0.4, 0.5) is 4.79 Å². The van der Waals surface area contributed by atoms with Gasteiger partial charge in [0.05, 0.1) is 18.1 Å². The Morgan fingerprint density at radius 2 is 2.07 bits per heavy atom. The first-order valence-corrected chi connectivity index (χ1v) is 5.08. The number of nitrogens with one attached hydrogen (secondary N) is 1. The van der Waals surface area contributed by atoms with Crippen molar-refractivity contribution in [3.05, 3.63) is 47.1 Å². The van der Waals surface area contributed by atoms with Crippen molar-refractivity contribution >= 4 is 17.6 Å². The molecule has 1 aliphatic rings. The van der Waals surface area contributed by atoms with E-state index < -0.39 is 0 Å². The fraction of sp³-hybridized carbons (Fsp3) is 0.182. The molecule has 0 radical (unpaired) electrons. The molecular weight excluding hydrogens is 212 g/mol. The Kier molecular flexibility index (Phi) is 2.92. The first kappa shape index (κ1) is 10.1. The summed E-state index contributed by atoms with van der Waals surface area (Å²) in [6.07, 6.45) is 1.67. The lowest BCUT2D eigenvalue weighted by molar-refractivity contribution is 0.211. The van der Waals surface area contributed by atoms with E-state index in [1.54, 1.807) is 11.1 Å². The summed E-state index contributed by atoms with van der Waals surface area (Å²) >= 11 is 5.85. The van der Waals surface area contributed by atoms with E-state index >= 15 is 0 Å². The predicted octanol–water partition coefficient (Wildman–Crippen LogP) is 2.29. The van der Waals surface area contributed by atoms with E-state index in [0.29, 0.717) is 18.1 Å². The Labute approximate surface area is 93.3 Å². The summed E-state index contributed by atoms with van der Waals surface area (Å²) in [5, 5.41) is 3.33. The first-order chi connectivity index (χ1) is 7.25. The standard InChI is InChI=1S/C11H11ClN2O/c12-10-6-13-11(15)14(8-10)7-9-4-2-1-3-5-9/h1-5,8H,6-7H2,(H,13,15). The smallest absolute Gasteiger partial charge is 0.322 e. The van der Waals surface area contributed by atoms with E-state index in [-0.39, 0.29) is 6.03 Å². The third kappa shape index (κ3) is 2.50. The number of hydrogen-bond donors (Lipinski definition) is 1. The largest absolute Gasteiger partial charge is 0.333 e. The number of amides is 2. The van der Waals surface area contributed by atoms with Gasteiger partial charge in [-0.3, -0.25) is 4.90 Å². The summed E-state index contributed by atoms with van der Waals surface area (Å²) < 4.78 is 0. The first-order valence-electron chi connectivity index (χ1n) is 4.70. The Morgan fingerprint density at radius 1 is 1.33 bits per heavy atom. The van der Waals surface area contributed by atoms with Gasteiger partial charge in [-0.15, -0.1) is 0 Å². The molecule has 0 saturated heterocycles. The van der Waals surface area contributed by atoms with E-state index in [1.807, 2.05) is 30.3 Å². The van der Waals surface area contributed by atoms with Gasteiger partial charge in [-0.05, 0) is 5.56 Å². The van der Waals surface area contributed by atoms with Gasteiger partial charge in [0.15, 0.2) is 0 Å². The van der Waals surface area contributed by atoms with Crippen LogP contribution in [0, 0.1) is 0 Å². The van der Waals surface area contributed by atoms with Gasteiger partial charge in [-0.25, -0.2) is 4.79 Å². The van der Waals surface area contributed by atoms with Gasteiger partial charge < -0.3 is 5.32 Å². The predicted molar refractivity (Wildman–Crippen MR) is 59.3 cm³/mol. The minimum atomic E-state index is -0.108. The molecule has 1 aromatic rings. The highest BCUT2D eigenvalue weighted by Crippen LogP contribution is 2.12. The van der Waals surface area contributed by atoms with Crippen LogP contribution in [0.25, 0.3) is 0 Å². The SMILES string of the molecule is O=C1NCC(Cl)=CN1Cc1ccccc1. The van der Waals surface area contributed by atoms with Gasteiger partial charge >= 0.3 is 6.03 Å². The third-order valence-electron chi connectivity index (χ3n) is 2.16. The van der Waals surface area contributed by atoms with E-state index in [4.69, 9.17) is 11.6 Å². The Hall–Kier alpha value is -1.48. The minimum absolute atomic E-state index is 0.108. The topological polar surface area (TPSA) is 32.3 Å². The molecule has 15 heavy (non-hydrogen) atoms. The van der Waals surface area contributed by atoms with Crippen LogP contribution in [-0.4, -0.2) is 17.5 Å². The summed E-state index contributed by atoms with van der Waals surface area (Å²) in [4.78, 5) is 13.0. The van der Waals surface area contributed by atoms with E-state index in [2.05, 4.69) is 5.32 Å². The summed E-state index contributed by atoms with van der Waals surface area (Å²) in [6.45, 7) is 0.967. The van der Waals surface area contributed by atoms with Crippen LogP contribution in [0.5, 0.6) is 0 Å². The van der Waals surface area contributed by atoms with Gasteiger partial charge in [0.1, 0.15) is 0 Å². The number of nitrogens with zero attached hydrogens (tertiary/aromatic N) is 1. The molecule has 78 valence electrons. The average Bonchev–Trinajstić information content (AvgIpc) is 2.25. The fourth-order valence-electron chi connectivity index (χ4n) is 1.43. The van der Waals surface area contributed by atoms with E-state index in [1.165, 1.54) is 0 Å². The molecule has 4 heteroatoms. The molecule has 1 aromatic carbocycles. The molecule has 0 fully saturated rings. The van der Waals surface area contributed by atoms with Crippen molar-refractivity contribution < 1.29 is 4.79 Å². The van der Waals surface area contributed by atoms with Crippen molar-refractivity contribution in [2.45, 2.75) is 6.54 Å². The second kappa shape index (κ2) is 4.36. The normalized spacial score (nSPS) is 15.9. The van der Waals surface area contributed by atoms with Crippen molar-refractivity contribution in [1.29, 1.82) is 0 Å². The van der Waals surface area contributed by atoms with Crippen LogP contribution in [0.1, 0.15) is 5.56 Å². The van der Waals surface area contributed by atoms with Gasteiger partial charge in [0, 0.05) is 6.20 Å². The number of benzene rings is 1. The van der Waals surface area contributed by atoms with E-state index in [0.717, 1.165) is 5.56 Å². The highest BCUT2D eigenvalue weighted by Gasteiger charge is 2.16. The maximum atomic E-state index is 11.5. The maximum absolute atomic E-state index is 11.5. The van der Waals surface area contributed by atoms with Crippen molar-refractivity contribution in [3.63, 3.8) is 0 Å². The molecular formula is C11H11ClN2O. The third-order valence-corrected chi connectivity index (χ3v) is 2.39. The van der Waals surface area contributed by atoms with Crippen molar-refractivity contribution in [1.82, 2.24) is 10.2 Å². The second-order valence-electron chi connectivity index (χ2n) is 3.35. The summed E-state index contributed by atoms with van der Waals surface area (Å²) in [7, 11) is 0. The maximum Gasteiger partial charge on any atom is 0.322 e. The van der Waals surface area contributed by atoms with E-state index in [9.17, 15) is 4.79 Å². The van der Waals surface area contributed by atoms with Crippen molar-refractivity contribution in [2.24, 2.45) is 0 Å². The highest BCUT2D eigenvalue weighted by atomic mass is 35.5. The molecule has 1 N–H and O–H groups in total. The molecule has 0 atom stereocenters. The molecule has 0 spiro atoms. The molecule has 0 bridgehead atoms. The summed E-state index contributed by atoms with van der Waals surface area (Å²) in [5.41, 5.74) is 1.08. The molecule has 2 rings (SSSR count). The van der Waals surface area contributed by atoms with Crippen molar-refractivity contribution in [2.75, 3.05) is 6.54 Å². The number of carbonyl (C=O) groups is 1. The van der Waals surface area contributed by atoms with Crippen molar-refractivity contribution in [3.8, 4) is 0 Å². The minimum Gasteiger partial charge on any atom is -0.333 e. The number of rotatable bonds is 2. The molecule has 1 aliphatic heterocycles. The molecule has 1 heterocycles. The van der Waals surface area contributed by atoms with Crippen LogP contribution >= 0.6 is 11.6 Å². The van der Waals surface area contributed by atoms with Gasteiger partial charge in [-0.1, -0.05) is 41.9 Å². The number of carbonyl (C=O) groups excluding carboxylic acids is 1. The fourth-order valence-corrected chi connectivity index (χ4v) is 1.62. The molecule has 0 aliphatic carbocycles. The second-order valence-corrected chi connectivity index (χ2v) is 3.83. The summed E-state index contributed by atoms with van der Waals surface area (Å²) in [6, 6.07) is 9.68. The molecule has 0 aromatic heterocycles. The van der Waals surface area contributed by atoms with Crippen LogP contribution < -0.4 is 5.32 Å².